The molecule has 0 unspecified atom stereocenters. The lowest BCUT2D eigenvalue weighted by molar-refractivity contribution is 0.360. The summed E-state index contributed by atoms with van der Waals surface area (Å²) in [6.45, 7) is 4.49. The molecule has 0 bridgehead atoms. The molecule has 0 radical (unpaired) electrons. The third-order valence-corrected chi connectivity index (χ3v) is 4.17. The molecule has 0 aromatic carbocycles. The maximum Gasteiger partial charge on any atom is 0.185 e. The van der Waals surface area contributed by atoms with Crippen LogP contribution in [-0.4, -0.2) is 43.1 Å². The van der Waals surface area contributed by atoms with Crippen LogP contribution in [0.4, 0.5) is 5.13 Å². The predicted octanol–water partition coefficient (Wildman–Crippen LogP) is 2.02. The average Bonchev–Trinajstić information content (AvgIpc) is 2.62. The number of likely N-dealkylation sites (N-methyl/N-ethyl adjacent to an activating group) is 1. The maximum absolute atomic E-state index is 5.78. The minimum absolute atomic E-state index is 0.575. The molecule has 0 N–H and O–H groups in total. The van der Waals surface area contributed by atoms with Gasteiger partial charge in [-0.2, -0.15) is 0 Å². The first kappa shape index (κ1) is 11.2. The van der Waals surface area contributed by atoms with Crippen LogP contribution in [0.2, 0.25) is 0 Å². The summed E-state index contributed by atoms with van der Waals surface area (Å²) in [4.78, 5) is 10.3. The zero-order chi connectivity index (χ0) is 10.7. The lowest BCUT2D eigenvalue weighted by Crippen LogP contribution is -2.28. The van der Waals surface area contributed by atoms with Gasteiger partial charge in [0.15, 0.2) is 5.13 Å². The largest absolute Gasteiger partial charge is 0.347 e. The molecule has 2 rings (SSSR count). The number of rotatable bonds is 2. The Hall–Kier alpha value is -0.320. The van der Waals surface area contributed by atoms with Gasteiger partial charge in [-0.3, -0.25) is 0 Å². The molecule has 1 aromatic rings. The number of anilines is 1. The summed E-state index contributed by atoms with van der Waals surface area (Å²) in [7, 11) is 2.18. The van der Waals surface area contributed by atoms with Gasteiger partial charge in [-0.05, 0) is 20.0 Å². The molecule has 5 heteroatoms. The molecule has 0 amide bonds. The van der Waals surface area contributed by atoms with Crippen LogP contribution < -0.4 is 4.90 Å². The van der Waals surface area contributed by atoms with Crippen molar-refractivity contribution in [3.8, 4) is 0 Å². The molecule has 84 valence electrons. The predicted molar refractivity (Wildman–Crippen MR) is 66.0 cm³/mol. The number of hydrogen-bond acceptors (Lipinski definition) is 4. The fourth-order valence-electron chi connectivity index (χ4n) is 1.74. The van der Waals surface area contributed by atoms with E-state index in [0.29, 0.717) is 5.88 Å². The summed E-state index contributed by atoms with van der Waals surface area (Å²) in [5, 5.41) is 1.13. The number of aromatic nitrogens is 1. The lowest BCUT2D eigenvalue weighted by Gasteiger charge is -2.18. The Morgan fingerprint density at radius 3 is 3.00 bits per heavy atom. The molecule has 1 fully saturated rings. The zero-order valence-corrected chi connectivity index (χ0v) is 10.5. The highest BCUT2D eigenvalue weighted by molar-refractivity contribution is 7.15. The Bertz CT molecular complexity index is 315. The second kappa shape index (κ2) is 5.14. The normalized spacial score (nSPS) is 19.2. The van der Waals surface area contributed by atoms with Gasteiger partial charge in [0, 0.05) is 30.7 Å². The summed E-state index contributed by atoms with van der Waals surface area (Å²) >= 11 is 7.49. The van der Waals surface area contributed by atoms with Gasteiger partial charge >= 0.3 is 0 Å². The van der Waals surface area contributed by atoms with Crippen molar-refractivity contribution in [2.45, 2.75) is 12.3 Å². The Kier molecular flexibility index (Phi) is 3.83. The monoisotopic (exact) mass is 245 g/mol. The SMILES string of the molecule is CN1CCCN(c2ncc(CCl)s2)CC1. The Morgan fingerprint density at radius 2 is 2.27 bits per heavy atom. The van der Waals surface area contributed by atoms with Crippen molar-refractivity contribution in [2.75, 3.05) is 38.1 Å². The molecule has 1 saturated heterocycles. The van der Waals surface area contributed by atoms with Gasteiger partial charge in [0.1, 0.15) is 0 Å². The lowest BCUT2D eigenvalue weighted by atomic mass is 10.4. The summed E-state index contributed by atoms with van der Waals surface area (Å²) in [6.07, 6.45) is 3.11. The highest BCUT2D eigenvalue weighted by Crippen LogP contribution is 2.24. The molecule has 1 aliphatic rings. The number of thiazole rings is 1. The third-order valence-electron chi connectivity index (χ3n) is 2.66. The van der Waals surface area contributed by atoms with Crippen LogP contribution in [0.15, 0.2) is 6.20 Å². The number of nitrogens with zero attached hydrogens (tertiary/aromatic N) is 3. The molecule has 2 heterocycles. The molecule has 3 nitrogen and oxygen atoms in total. The first-order chi connectivity index (χ1) is 7.29. The Morgan fingerprint density at radius 1 is 1.40 bits per heavy atom. The average molecular weight is 246 g/mol. The van der Waals surface area contributed by atoms with Crippen LogP contribution in [0.1, 0.15) is 11.3 Å². The number of hydrogen-bond donors (Lipinski definition) is 0. The third kappa shape index (κ3) is 2.83. The van der Waals surface area contributed by atoms with Crippen molar-refractivity contribution in [2.24, 2.45) is 0 Å². The molecule has 15 heavy (non-hydrogen) atoms. The van der Waals surface area contributed by atoms with Crippen molar-refractivity contribution >= 4 is 28.1 Å². The van der Waals surface area contributed by atoms with Crippen molar-refractivity contribution in [3.63, 3.8) is 0 Å². The van der Waals surface area contributed by atoms with E-state index in [0.717, 1.165) is 29.6 Å². The van der Waals surface area contributed by atoms with Crippen molar-refractivity contribution in [1.29, 1.82) is 0 Å². The first-order valence-electron chi connectivity index (χ1n) is 5.24. The number of halogens is 1. The quantitative estimate of drug-likeness (QED) is 0.744. The van der Waals surface area contributed by atoms with Crippen LogP contribution in [-0.2, 0) is 5.88 Å². The molecule has 0 aliphatic carbocycles. The van der Waals surface area contributed by atoms with Crippen LogP contribution in [0, 0.1) is 0 Å². The van der Waals surface area contributed by atoms with E-state index in [2.05, 4.69) is 21.8 Å². The fraction of sp³-hybridized carbons (Fsp3) is 0.700. The fourth-order valence-corrected chi connectivity index (χ4v) is 2.79. The first-order valence-corrected chi connectivity index (χ1v) is 6.59. The van der Waals surface area contributed by atoms with E-state index in [4.69, 9.17) is 11.6 Å². The van der Waals surface area contributed by atoms with E-state index >= 15 is 0 Å². The van der Waals surface area contributed by atoms with E-state index in [1.54, 1.807) is 11.3 Å². The minimum atomic E-state index is 0.575. The highest BCUT2D eigenvalue weighted by atomic mass is 35.5. The van der Waals surface area contributed by atoms with Crippen LogP contribution in [0.25, 0.3) is 0 Å². The second-order valence-electron chi connectivity index (χ2n) is 3.89. The van der Waals surface area contributed by atoms with Gasteiger partial charge in [-0.1, -0.05) is 0 Å². The van der Waals surface area contributed by atoms with Crippen LogP contribution in [0.3, 0.4) is 0 Å². The Labute approximate surface area is 99.7 Å². The van der Waals surface area contributed by atoms with Gasteiger partial charge in [-0.15, -0.1) is 22.9 Å². The van der Waals surface area contributed by atoms with Gasteiger partial charge < -0.3 is 9.80 Å². The second-order valence-corrected chi connectivity index (χ2v) is 5.25. The van der Waals surface area contributed by atoms with Gasteiger partial charge in [0.25, 0.3) is 0 Å². The molecule has 0 saturated carbocycles. The van der Waals surface area contributed by atoms with E-state index in [-0.39, 0.29) is 0 Å². The van der Waals surface area contributed by atoms with E-state index in [1.165, 1.54) is 13.0 Å². The van der Waals surface area contributed by atoms with Crippen LogP contribution >= 0.6 is 22.9 Å². The highest BCUT2D eigenvalue weighted by Gasteiger charge is 2.15. The summed E-state index contributed by atoms with van der Waals surface area (Å²) in [5.74, 6) is 0.575. The Balaban J connectivity index is 2.03. The van der Waals surface area contributed by atoms with Crippen LogP contribution in [0.5, 0.6) is 0 Å². The molecule has 1 aromatic heterocycles. The van der Waals surface area contributed by atoms with Gasteiger partial charge in [0.05, 0.1) is 5.88 Å². The maximum atomic E-state index is 5.78. The summed E-state index contributed by atoms with van der Waals surface area (Å²) < 4.78 is 0. The summed E-state index contributed by atoms with van der Waals surface area (Å²) in [5.41, 5.74) is 0. The molecule has 0 spiro atoms. The number of alkyl halides is 1. The van der Waals surface area contributed by atoms with Crippen molar-refractivity contribution in [3.05, 3.63) is 11.1 Å². The van der Waals surface area contributed by atoms with Gasteiger partial charge in [0.2, 0.25) is 0 Å². The van der Waals surface area contributed by atoms with E-state index < -0.39 is 0 Å². The van der Waals surface area contributed by atoms with Gasteiger partial charge in [-0.25, -0.2) is 4.98 Å². The van der Waals surface area contributed by atoms with E-state index in [9.17, 15) is 0 Å². The molecular weight excluding hydrogens is 230 g/mol. The standard InChI is InChI=1S/C10H16ClN3S/c1-13-3-2-4-14(6-5-13)10-12-8-9(7-11)15-10/h8H,2-7H2,1H3. The van der Waals surface area contributed by atoms with Crippen molar-refractivity contribution in [1.82, 2.24) is 9.88 Å². The van der Waals surface area contributed by atoms with Crippen molar-refractivity contribution < 1.29 is 0 Å². The van der Waals surface area contributed by atoms with E-state index in [1.807, 2.05) is 6.20 Å². The minimum Gasteiger partial charge on any atom is -0.347 e. The zero-order valence-electron chi connectivity index (χ0n) is 8.95. The smallest absolute Gasteiger partial charge is 0.185 e. The molecule has 0 atom stereocenters. The summed E-state index contributed by atoms with van der Waals surface area (Å²) in [6, 6.07) is 0. The topological polar surface area (TPSA) is 19.4 Å². The molecular formula is C10H16ClN3S. The molecule has 1 aliphatic heterocycles.